The smallest absolute Gasteiger partial charge is 0.311 e. The summed E-state index contributed by atoms with van der Waals surface area (Å²) in [5.74, 6) is 1.00. The lowest BCUT2D eigenvalue weighted by atomic mass is 9.55. The van der Waals surface area contributed by atoms with Crippen molar-refractivity contribution in [2.75, 3.05) is 39.3 Å². The van der Waals surface area contributed by atoms with Crippen molar-refractivity contribution in [3.8, 4) is 0 Å². The molecule has 0 radical (unpaired) electrons. The average Bonchev–Trinajstić information content (AvgIpc) is 3.12. The maximum Gasteiger partial charge on any atom is 0.311 e. The third-order valence-electron chi connectivity index (χ3n) is 7.42. The summed E-state index contributed by atoms with van der Waals surface area (Å²) in [6.07, 6.45) is 6.51. The highest BCUT2D eigenvalue weighted by Gasteiger charge is 2.60. The van der Waals surface area contributed by atoms with Crippen molar-refractivity contribution in [2.24, 2.45) is 23.2 Å². The van der Waals surface area contributed by atoms with Gasteiger partial charge >= 0.3 is 5.97 Å². The molecule has 26 heavy (non-hydrogen) atoms. The highest BCUT2D eigenvalue weighted by Crippen LogP contribution is 2.54. The Labute approximate surface area is 156 Å². The van der Waals surface area contributed by atoms with Crippen LogP contribution >= 0.6 is 0 Å². The minimum atomic E-state index is 0.00114. The van der Waals surface area contributed by atoms with E-state index >= 15 is 0 Å². The van der Waals surface area contributed by atoms with Crippen LogP contribution in [0.25, 0.3) is 0 Å². The van der Waals surface area contributed by atoms with Crippen molar-refractivity contribution in [3.05, 3.63) is 0 Å². The number of likely N-dealkylation sites (tertiary alicyclic amines) is 1. The highest BCUT2D eigenvalue weighted by atomic mass is 16.5. The monoisotopic (exact) mass is 363 g/mol. The molecule has 4 rings (SSSR count). The van der Waals surface area contributed by atoms with Crippen LogP contribution in [0.2, 0.25) is 0 Å². The number of hydrogen-bond donors (Lipinski definition) is 2. The fourth-order valence-electron chi connectivity index (χ4n) is 5.99. The molecule has 2 N–H and O–H groups in total. The van der Waals surface area contributed by atoms with Crippen molar-refractivity contribution < 1.29 is 14.3 Å². The SMILES string of the molecule is CCOC(=O)C1C(N2CCC(C3CCCNC3=O)CC2)CC12CCNC2. The largest absolute Gasteiger partial charge is 0.466 e. The third-order valence-corrected chi connectivity index (χ3v) is 7.42. The predicted molar refractivity (Wildman–Crippen MR) is 98.5 cm³/mol. The van der Waals surface area contributed by atoms with Crippen LogP contribution in [0, 0.1) is 23.2 Å². The number of carbonyl (C=O) groups is 2. The van der Waals surface area contributed by atoms with Gasteiger partial charge in [-0.2, -0.15) is 0 Å². The summed E-state index contributed by atoms with van der Waals surface area (Å²) in [4.78, 5) is 27.3. The van der Waals surface area contributed by atoms with E-state index in [1.54, 1.807) is 0 Å². The number of rotatable bonds is 4. The molecule has 4 unspecified atom stereocenters. The van der Waals surface area contributed by atoms with E-state index in [0.29, 0.717) is 18.6 Å². The van der Waals surface area contributed by atoms with Gasteiger partial charge in [-0.3, -0.25) is 14.5 Å². The number of hydrogen-bond acceptors (Lipinski definition) is 5. The second-order valence-electron chi connectivity index (χ2n) is 8.70. The molecule has 6 nitrogen and oxygen atoms in total. The Kier molecular flexibility index (Phi) is 5.24. The Morgan fingerprint density at radius 2 is 2.08 bits per heavy atom. The molecular formula is C20H33N3O3. The summed E-state index contributed by atoms with van der Waals surface area (Å²) in [7, 11) is 0. The first-order chi connectivity index (χ1) is 12.6. The van der Waals surface area contributed by atoms with Gasteiger partial charge < -0.3 is 15.4 Å². The molecule has 0 aromatic carbocycles. The van der Waals surface area contributed by atoms with Crippen LogP contribution in [0.5, 0.6) is 0 Å². The normalized spacial score (nSPS) is 38.8. The molecular weight excluding hydrogens is 330 g/mol. The van der Waals surface area contributed by atoms with Gasteiger partial charge in [-0.15, -0.1) is 0 Å². The molecule has 4 fully saturated rings. The minimum absolute atomic E-state index is 0.00114. The van der Waals surface area contributed by atoms with Crippen molar-refractivity contribution in [1.29, 1.82) is 0 Å². The first-order valence-electron chi connectivity index (χ1n) is 10.5. The van der Waals surface area contributed by atoms with E-state index < -0.39 is 0 Å². The van der Waals surface area contributed by atoms with Crippen molar-refractivity contribution >= 4 is 11.9 Å². The number of esters is 1. The molecule has 1 spiro atoms. The summed E-state index contributed by atoms with van der Waals surface area (Å²) in [5.41, 5.74) is 0.122. The fraction of sp³-hybridized carbons (Fsp3) is 0.900. The van der Waals surface area contributed by atoms with Gasteiger partial charge in [0.05, 0.1) is 12.5 Å². The maximum absolute atomic E-state index is 12.7. The molecule has 0 aromatic heterocycles. The molecule has 1 amide bonds. The lowest BCUT2D eigenvalue weighted by Crippen LogP contribution is -2.64. The predicted octanol–water partition coefficient (Wildman–Crippen LogP) is 1.16. The van der Waals surface area contributed by atoms with Crippen LogP contribution in [0.15, 0.2) is 0 Å². The van der Waals surface area contributed by atoms with E-state index in [4.69, 9.17) is 4.74 Å². The van der Waals surface area contributed by atoms with E-state index in [0.717, 1.165) is 71.2 Å². The fourth-order valence-corrected chi connectivity index (χ4v) is 5.99. The summed E-state index contributed by atoms with van der Waals surface area (Å²) < 4.78 is 5.44. The summed E-state index contributed by atoms with van der Waals surface area (Å²) in [6.45, 7) is 7.19. The van der Waals surface area contributed by atoms with Crippen molar-refractivity contribution in [1.82, 2.24) is 15.5 Å². The van der Waals surface area contributed by atoms with Gasteiger partial charge in [-0.25, -0.2) is 0 Å². The topological polar surface area (TPSA) is 70.7 Å². The molecule has 4 atom stereocenters. The zero-order valence-corrected chi connectivity index (χ0v) is 16.0. The molecule has 3 aliphatic heterocycles. The zero-order valence-electron chi connectivity index (χ0n) is 16.0. The lowest BCUT2D eigenvalue weighted by Gasteiger charge is -2.56. The van der Waals surface area contributed by atoms with Crippen molar-refractivity contribution in [2.45, 2.75) is 51.5 Å². The number of amides is 1. The third kappa shape index (κ3) is 3.15. The van der Waals surface area contributed by atoms with Crippen LogP contribution in [-0.4, -0.2) is 62.1 Å². The first-order valence-corrected chi connectivity index (χ1v) is 10.5. The van der Waals surface area contributed by atoms with Gasteiger partial charge in [0.25, 0.3) is 0 Å². The van der Waals surface area contributed by atoms with E-state index in [1.165, 1.54) is 0 Å². The molecule has 0 aromatic rings. The number of ether oxygens (including phenoxy) is 1. The van der Waals surface area contributed by atoms with Crippen LogP contribution in [-0.2, 0) is 14.3 Å². The van der Waals surface area contributed by atoms with Crippen LogP contribution in [0.4, 0.5) is 0 Å². The highest BCUT2D eigenvalue weighted by molar-refractivity contribution is 5.79. The maximum atomic E-state index is 12.7. The standard InChI is InChI=1S/C20H33N3O3/c1-2-26-19(25)17-16(12-20(17)7-9-21-13-20)23-10-5-14(6-11-23)15-4-3-8-22-18(15)24/h14-17,21H,2-13H2,1H3,(H,22,24). The molecule has 4 aliphatic rings. The number of nitrogens with one attached hydrogen (secondary N) is 2. The Morgan fingerprint density at radius 1 is 1.27 bits per heavy atom. The average molecular weight is 364 g/mol. The van der Waals surface area contributed by atoms with Gasteiger partial charge in [0.2, 0.25) is 5.91 Å². The summed E-state index contributed by atoms with van der Waals surface area (Å²) in [5, 5.41) is 6.48. The van der Waals surface area contributed by atoms with E-state index in [9.17, 15) is 9.59 Å². The first kappa shape index (κ1) is 18.2. The molecule has 3 saturated heterocycles. The molecule has 0 bridgehead atoms. The Bertz CT molecular complexity index is 538. The van der Waals surface area contributed by atoms with Gasteiger partial charge in [0, 0.05) is 30.5 Å². The molecule has 6 heteroatoms. The van der Waals surface area contributed by atoms with E-state index in [2.05, 4.69) is 15.5 Å². The summed E-state index contributed by atoms with van der Waals surface area (Å²) in [6, 6.07) is 0.329. The quantitative estimate of drug-likeness (QED) is 0.734. The van der Waals surface area contributed by atoms with Gasteiger partial charge in [0.1, 0.15) is 0 Å². The minimum Gasteiger partial charge on any atom is -0.466 e. The Hall–Kier alpha value is -1.14. The van der Waals surface area contributed by atoms with Crippen molar-refractivity contribution in [3.63, 3.8) is 0 Å². The molecule has 3 heterocycles. The lowest BCUT2D eigenvalue weighted by molar-refractivity contribution is -0.171. The Balaban J connectivity index is 1.37. The van der Waals surface area contributed by atoms with Crippen LogP contribution < -0.4 is 10.6 Å². The van der Waals surface area contributed by atoms with Gasteiger partial charge in [0.15, 0.2) is 0 Å². The van der Waals surface area contributed by atoms with Gasteiger partial charge in [-0.1, -0.05) is 0 Å². The Morgan fingerprint density at radius 3 is 2.73 bits per heavy atom. The van der Waals surface area contributed by atoms with E-state index in [1.807, 2.05) is 6.92 Å². The second-order valence-corrected chi connectivity index (χ2v) is 8.70. The summed E-state index contributed by atoms with van der Waals surface area (Å²) >= 11 is 0. The number of nitrogens with zero attached hydrogens (tertiary/aromatic N) is 1. The molecule has 1 aliphatic carbocycles. The van der Waals surface area contributed by atoms with E-state index in [-0.39, 0.29) is 29.1 Å². The number of carbonyl (C=O) groups excluding carboxylic acids is 2. The molecule has 146 valence electrons. The number of piperidine rings is 2. The van der Waals surface area contributed by atoms with Crippen LogP contribution in [0.3, 0.4) is 0 Å². The van der Waals surface area contributed by atoms with Crippen LogP contribution in [0.1, 0.15) is 45.4 Å². The molecule has 1 saturated carbocycles. The zero-order chi connectivity index (χ0) is 18.1. The van der Waals surface area contributed by atoms with Gasteiger partial charge in [-0.05, 0) is 71.0 Å². The second kappa shape index (κ2) is 7.47.